The molecule has 0 bridgehead atoms. The molecule has 0 aliphatic carbocycles. The molecule has 2 heterocycles. The van der Waals surface area contributed by atoms with Crippen molar-refractivity contribution in [1.29, 1.82) is 0 Å². The average Bonchev–Trinajstić information content (AvgIpc) is 3.27. The molecule has 2 N–H and O–H groups in total. The van der Waals surface area contributed by atoms with Gasteiger partial charge < -0.3 is 14.3 Å². The maximum absolute atomic E-state index is 13.3. The van der Waals surface area contributed by atoms with E-state index < -0.39 is 22.9 Å². The number of aromatic hydroxyl groups is 1. The van der Waals surface area contributed by atoms with Crippen LogP contribution in [0.3, 0.4) is 0 Å². The Hall–Kier alpha value is -3.13. The van der Waals surface area contributed by atoms with E-state index in [2.05, 4.69) is 22.7 Å². The second-order valence-electron chi connectivity index (χ2n) is 9.51. The molecule has 36 heavy (non-hydrogen) atoms. The van der Waals surface area contributed by atoms with E-state index in [0.29, 0.717) is 25.0 Å². The summed E-state index contributed by atoms with van der Waals surface area (Å²) in [4.78, 5) is 39.4. The normalized spacial score (nSPS) is 12.4. The molecule has 0 aromatic carbocycles. The lowest BCUT2D eigenvalue weighted by Gasteiger charge is -2.22. The van der Waals surface area contributed by atoms with Crippen LogP contribution < -0.4 is 10.9 Å². The molecule has 0 aliphatic heterocycles. The topological polar surface area (TPSA) is 106 Å². The van der Waals surface area contributed by atoms with Gasteiger partial charge in [0.15, 0.2) is 5.78 Å². The number of carbonyl (C=O) groups excluding carboxylic acids is 2. The van der Waals surface area contributed by atoms with Crippen LogP contribution in [0.1, 0.15) is 84.7 Å². The number of thiophene rings is 1. The van der Waals surface area contributed by atoms with Crippen molar-refractivity contribution in [2.45, 2.75) is 71.6 Å². The van der Waals surface area contributed by atoms with Crippen LogP contribution in [0.25, 0.3) is 0 Å². The summed E-state index contributed by atoms with van der Waals surface area (Å²) in [5.74, 6) is -0.672. The molecule has 2 rings (SSSR count). The highest BCUT2D eigenvalue weighted by molar-refractivity contribution is 7.12. The van der Waals surface area contributed by atoms with Crippen LogP contribution in [0.4, 0.5) is 4.79 Å². The SMILES string of the molecule is C=CCCCCc1ccc(CC(C)(C)C(=O)c2c(O)cc(C(C)CC/C=C/NC(=O)OC)oc2=O)s1. The minimum absolute atomic E-state index is 0.181. The number of methoxy groups -OCH3 is 1. The fraction of sp³-hybridized carbons (Fsp3) is 0.464. The summed E-state index contributed by atoms with van der Waals surface area (Å²) < 4.78 is 9.92. The number of allylic oxidation sites excluding steroid dienone is 2. The van der Waals surface area contributed by atoms with Crippen LogP contribution in [0, 0.1) is 5.41 Å². The third kappa shape index (κ3) is 8.52. The van der Waals surface area contributed by atoms with E-state index in [9.17, 15) is 19.5 Å². The third-order valence-electron chi connectivity index (χ3n) is 5.96. The maximum Gasteiger partial charge on any atom is 0.410 e. The third-order valence-corrected chi connectivity index (χ3v) is 7.11. The van der Waals surface area contributed by atoms with Gasteiger partial charge in [0.25, 0.3) is 0 Å². The molecule has 196 valence electrons. The van der Waals surface area contributed by atoms with Crippen molar-refractivity contribution in [2.75, 3.05) is 7.11 Å². The highest BCUT2D eigenvalue weighted by Crippen LogP contribution is 2.33. The summed E-state index contributed by atoms with van der Waals surface area (Å²) in [5.41, 5.74) is -2.02. The Morgan fingerprint density at radius 3 is 2.64 bits per heavy atom. The number of aryl methyl sites for hydroxylation is 1. The van der Waals surface area contributed by atoms with Gasteiger partial charge in [-0.25, -0.2) is 9.59 Å². The lowest BCUT2D eigenvalue weighted by Crippen LogP contribution is -2.31. The van der Waals surface area contributed by atoms with Gasteiger partial charge in [-0.1, -0.05) is 32.9 Å². The first-order valence-corrected chi connectivity index (χ1v) is 13.0. The van der Waals surface area contributed by atoms with Crippen LogP contribution >= 0.6 is 11.3 Å². The zero-order chi connectivity index (χ0) is 26.7. The standard InChI is InChI=1S/C28H37NO6S/c1-6-7-8-9-13-20-14-15-21(36-20)18-28(3,4)25(31)24-22(30)17-23(35-26(24)32)19(2)12-10-11-16-29-27(33)34-5/h6,11,14-17,19,30H,1,7-10,12-13,18H2,2-5H3,(H,29,33)/b16-11+. The first-order valence-electron chi connectivity index (χ1n) is 12.2. The van der Waals surface area contributed by atoms with Gasteiger partial charge in [-0.15, -0.1) is 17.9 Å². The monoisotopic (exact) mass is 515 g/mol. The lowest BCUT2D eigenvalue weighted by atomic mass is 9.81. The number of carbonyl (C=O) groups is 2. The van der Waals surface area contributed by atoms with Gasteiger partial charge in [-0.3, -0.25) is 10.1 Å². The summed E-state index contributed by atoms with van der Waals surface area (Å²) in [7, 11) is 1.28. The predicted molar refractivity (Wildman–Crippen MR) is 143 cm³/mol. The minimum Gasteiger partial charge on any atom is -0.507 e. The van der Waals surface area contributed by atoms with Crippen molar-refractivity contribution in [3.05, 3.63) is 74.6 Å². The largest absolute Gasteiger partial charge is 0.507 e. The Morgan fingerprint density at radius 1 is 1.25 bits per heavy atom. The molecule has 1 unspecified atom stereocenters. The summed E-state index contributed by atoms with van der Waals surface area (Å²) in [6, 6.07) is 5.49. The molecule has 0 saturated heterocycles. The molecular formula is C28H37NO6S. The smallest absolute Gasteiger partial charge is 0.410 e. The van der Waals surface area contributed by atoms with E-state index in [-0.39, 0.29) is 17.2 Å². The summed E-state index contributed by atoms with van der Waals surface area (Å²) >= 11 is 1.68. The molecule has 0 saturated carbocycles. The number of ketones is 1. The Kier molecular flexibility index (Phi) is 11.2. The molecule has 0 spiro atoms. The van der Waals surface area contributed by atoms with E-state index >= 15 is 0 Å². The molecule has 2 aromatic heterocycles. The van der Waals surface area contributed by atoms with Crippen molar-refractivity contribution < 1.29 is 23.8 Å². The quantitative estimate of drug-likeness (QED) is 0.169. The van der Waals surface area contributed by atoms with Crippen molar-refractivity contribution in [3.8, 4) is 5.75 Å². The van der Waals surface area contributed by atoms with Crippen molar-refractivity contribution in [1.82, 2.24) is 5.32 Å². The first-order chi connectivity index (χ1) is 17.1. The number of nitrogens with one attached hydrogen (secondary N) is 1. The van der Waals surface area contributed by atoms with Crippen molar-refractivity contribution in [3.63, 3.8) is 0 Å². The zero-order valence-corrected chi connectivity index (χ0v) is 22.4. The lowest BCUT2D eigenvalue weighted by molar-refractivity contribution is 0.0830. The van der Waals surface area contributed by atoms with E-state index in [4.69, 9.17) is 4.42 Å². The number of alkyl carbamates (subject to hydrolysis) is 1. The Bertz CT molecular complexity index is 1130. The highest BCUT2D eigenvalue weighted by Gasteiger charge is 2.34. The van der Waals surface area contributed by atoms with Crippen LogP contribution in [0.2, 0.25) is 0 Å². The molecule has 0 aliphatic rings. The molecular weight excluding hydrogens is 478 g/mol. The molecule has 1 amide bonds. The van der Waals surface area contributed by atoms with Crippen molar-refractivity contribution in [2.24, 2.45) is 5.41 Å². The van der Waals surface area contributed by atoms with Crippen molar-refractivity contribution >= 4 is 23.2 Å². The average molecular weight is 516 g/mol. The van der Waals surface area contributed by atoms with E-state index in [1.165, 1.54) is 24.3 Å². The van der Waals surface area contributed by atoms with Gasteiger partial charge in [-0.05, 0) is 57.1 Å². The summed E-state index contributed by atoms with van der Waals surface area (Å²) in [6.07, 6.45) is 10.5. The number of amides is 1. The molecule has 0 radical (unpaired) electrons. The number of rotatable bonds is 14. The number of ether oxygens (including phenoxy) is 1. The zero-order valence-electron chi connectivity index (χ0n) is 21.6. The summed E-state index contributed by atoms with van der Waals surface area (Å²) in [5, 5.41) is 13.0. The highest BCUT2D eigenvalue weighted by atomic mass is 32.1. The number of Topliss-reactive ketones (excluding diaryl/α,β-unsaturated/α-hetero) is 1. The van der Waals surface area contributed by atoms with Gasteiger partial charge in [0.2, 0.25) is 0 Å². The van der Waals surface area contributed by atoms with Gasteiger partial charge >= 0.3 is 11.7 Å². The maximum atomic E-state index is 13.3. The van der Waals surface area contributed by atoms with Crippen LogP contribution in [-0.4, -0.2) is 24.1 Å². The van der Waals surface area contributed by atoms with Crippen LogP contribution in [0.15, 0.2) is 52.3 Å². The Labute approximate surface area is 216 Å². The molecule has 0 fully saturated rings. The molecule has 8 heteroatoms. The first kappa shape index (κ1) is 29.1. The number of hydrogen-bond donors (Lipinski definition) is 2. The minimum atomic E-state index is -0.887. The second kappa shape index (κ2) is 13.8. The molecule has 1 atom stereocenters. The van der Waals surface area contributed by atoms with Gasteiger partial charge in [0.05, 0.1) is 7.11 Å². The number of unbranched alkanes of at least 4 members (excludes halogenated alkanes) is 2. The Balaban J connectivity index is 2.05. The number of hydrogen-bond acceptors (Lipinski definition) is 7. The molecule has 2 aromatic rings. The van der Waals surface area contributed by atoms with E-state index in [1.807, 2.05) is 19.1 Å². The predicted octanol–water partition coefficient (Wildman–Crippen LogP) is 6.51. The van der Waals surface area contributed by atoms with Crippen LogP contribution in [0.5, 0.6) is 5.75 Å². The van der Waals surface area contributed by atoms with Gasteiger partial charge in [0, 0.05) is 33.4 Å². The van der Waals surface area contributed by atoms with Gasteiger partial charge in [-0.2, -0.15) is 0 Å². The second-order valence-corrected chi connectivity index (χ2v) is 10.8. The fourth-order valence-corrected chi connectivity index (χ4v) is 5.09. The van der Waals surface area contributed by atoms with Gasteiger partial charge in [0.1, 0.15) is 17.1 Å². The van der Waals surface area contributed by atoms with E-state index in [1.54, 1.807) is 31.3 Å². The molecule has 7 nitrogen and oxygen atoms in total. The van der Waals surface area contributed by atoms with E-state index in [0.717, 1.165) is 30.6 Å². The fourth-order valence-electron chi connectivity index (χ4n) is 3.80. The summed E-state index contributed by atoms with van der Waals surface area (Å²) in [6.45, 7) is 9.17. The Morgan fingerprint density at radius 2 is 1.97 bits per heavy atom. The van der Waals surface area contributed by atoms with Crippen LogP contribution in [-0.2, 0) is 17.6 Å².